The number of rotatable bonds is 14. The zero-order valence-corrected chi connectivity index (χ0v) is 27.0. The number of amides is 2. The Labute approximate surface area is 262 Å². The minimum Gasteiger partial charge on any atom is -0.497 e. The monoisotopic (exact) mass is 691 g/mol. The first kappa shape index (κ1) is 32.2. The second-order valence-corrected chi connectivity index (χ2v) is 12.7. The van der Waals surface area contributed by atoms with E-state index in [-0.39, 0.29) is 27.8 Å². The molecule has 0 fully saturated rings. The first-order valence-electron chi connectivity index (χ1n) is 12.8. The molecule has 14 heteroatoms. The second kappa shape index (κ2) is 14.2. The topological polar surface area (TPSA) is 132 Å². The van der Waals surface area contributed by atoms with Gasteiger partial charge in [0.25, 0.3) is 21.8 Å². The Kier molecular flexibility index (Phi) is 10.6. The number of thioether (sulfide) groups is 1. The summed E-state index contributed by atoms with van der Waals surface area (Å²) in [5, 5.41) is 3.09. The average Bonchev–Trinajstić information content (AvgIpc) is 3.21. The Morgan fingerprint density at radius 3 is 2.23 bits per heavy atom. The van der Waals surface area contributed by atoms with Gasteiger partial charge in [0.05, 0.1) is 27.0 Å². The van der Waals surface area contributed by atoms with E-state index < -0.39 is 21.8 Å². The van der Waals surface area contributed by atoms with Crippen LogP contribution in [0.25, 0.3) is 0 Å². The summed E-state index contributed by atoms with van der Waals surface area (Å²) in [6.45, 7) is 0.568. The molecule has 0 saturated carbocycles. The van der Waals surface area contributed by atoms with Gasteiger partial charge in [-0.05, 0) is 61.0 Å². The molecule has 43 heavy (non-hydrogen) atoms. The van der Waals surface area contributed by atoms with E-state index in [9.17, 15) is 18.0 Å². The molecule has 3 aromatic rings. The van der Waals surface area contributed by atoms with Crippen LogP contribution in [0.4, 0.5) is 11.4 Å². The third-order valence-corrected chi connectivity index (χ3v) is 9.25. The van der Waals surface area contributed by atoms with Gasteiger partial charge < -0.3 is 24.3 Å². The highest BCUT2D eigenvalue weighted by atomic mass is 79.9. The maximum Gasteiger partial charge on any atom is 0.278 e. The summed E-state index contributed by atoms with van der Waals surface area (Å²) in [5.74, 6) is 0.257. The minimum absolute atomic E-state index is 0.0266. The van der Waals surface area contributed by atoms with Gasteiger partial charge in [-0.3, -0.25) is 19.2 Å². The number of ether oxygens (including phenoxy) is 4. The zero-order chi connectivity index (χ0) is 31.1. The standard InChI is InChI=1S/C29H30BrN3O8S2/c1-38-15-5-14-33-28(34)26(31-22-12-9-20(39-2)17-24(22)41-4)27(29(33)35)42-21-10-7-19(8-11-21)32-43(36,37)25-16-18(30)6-13-23(25)40-3/h6-13,16-17,31-32H,5,14-15H2,1-4H3. The van der Waals surface area contributed by atoms with Crippen molar-refractivity contribution in [1.29, 1.82) is 0 Å². The summed E-state index contributed by atoms with van der Waals surface area (Å²) < 4.78 is 50.3. The van der Waals surface area contributed by atoms with Gasteiger partial charge in [0, 0.05) is 41.4 Å². The van der Waals surface area contributed by atoms with Crippen molar-refractivity contribution in [2.24, 2.45) is 0 Å². The van der Waals surface area contributed by atoms with Gasteiger partial charge in [0.2, 0.25) is 0 Å². The van der Waals surface area contributed by atoms with E-state index in [1.54, 1.807) is 61.7 Å². The number of hydrogen-bond donors (Lipinski definition) is 2. The number of hydrogen-bond acceptors (Lipinski definition) is 10. The van der Waals surface area contributed by atoms with Crippen LogP contribution < -0.4 is 24.2 Å². The van der Waals surface area contributed by atoms with Gasteiger partial charge in [-0.2, -0.15) is 0 Å². The predicted molar refractivity (Wildman–Crippen MR) is 167 cm³/mol. The lowest BCUT2D eigenvalue weighted by Gasteiger charge is -2.15. The van der Waals surface area contributed by atoms with Crippen LogP contribution in [-0.4, -0.2) is 66.7 Å². The number of nitrogens with zero attached hydrogens (tertiary/aromatic N) is 1. The number of carbonyl (C=O) groups excluding carboxylic acids is 2. The van der Waals surface area contributed by atoms with E-state index in [0.717, 1.165) is 11.8 Å². The number of nitrogens with one attached hydrogen (secondary N) is 2. The van der Waals surface area contributed by atoms with Crippen LogP contribution in [0, 0.1) is 0 Å². The van der Waals surface area contributed by atoms with Gasteiger partial charge in [0.1, 0.15) is 32.7 Å². The maximum absolute atomic E-state index is 13.5. The average molecular weight is 693 g/mol. The SMILES string of the molecule is COCCCN1C(=O)C(Nc2ccc(OC)cc2OC)=C(Sc2ccc(NS(=O)(=O)c3cc(Br)ccc3OC)cc2)C1=O. The molecule has 1 heterocycles. The lowest BCUT2D eigenvalue weighted by atomic mass is 10.2. The van der Waals surface area contributed by atoms with Crippen molar-refractivity contribution < 1.29 is 37.0 Å². The zero-order valence-electron chi connectivity index (χ0n) is 23.8. The highest BCUT2D eigenvalue weighted by Gasteiger charge is 2.39. The quantitative estimate of drug-likeness (QED) is 0.174. The maximum atomic E-state index is 13.5. The molecule has 1 aliphatic heterocycles. The Morgan fingerprint density at radius 1 is 0.860 bits per heavy atom. The number of imide groups is 1. The van der Waals surface area contributed by atoms with Crippen LogP contribution in [0.15, 0.2) is 85.5 Å². The molecule has 2 N–H and O–H groups in total. The van der Waals surface area contributed by atoms with Crippen LogP contribution in [0.3, 0.4) is 0 Å². The van der Waals surface area contributed by atoms with Gasteiger partial charge in [-0.25, -0.2) is 8.42 Å². The van der Waals surface area contributed by atoms with Crippen molar-refractivity contribution in [2.75, 3.05) is 51.6 Å². The lowest BCUT2D eigenvalue weighted by Crippen LogP contribution is -2.33. The van der Waals surface area contributed by atoms with Gasteiger partial charge in [-0.15, -0.1) is 0 Å². The molecule has 3 aromatic carbocycles. The fraction of sp³-hybridized carbons (Fsp3) is 0.241. The normalized spacial score (nSPS) is 13.4. The van der Waals surface area contributed by atoms with E-state index >= 15 is 0 Å². The van der Waals surface area contributed by atoms with Crippen LogP contribution in [0.5, 0.6) is 17.2 Å². The fourth-order valence-electron chi connectivity index (χ4n) is 4.14. The summed E-state index contributed by atoms with van der Waals surface area (Å²) >= 11 is 4.38. The molecule has 228 valence electrons. The molecule has 2 amide bonds. The molecule has 0 atom stereocenters. The highest BCUT2D eigenvalue weighted by molar-refractivity contribution is 9.10. The summed E-state index contributed by atoms with van der Waals surface area (Å²) in [7, 11) is 2.00. The molecular formula is C29H30BrN3O8S2. The molecule has 0 saturated heterocycles. The highest BCUT2D eigenvalue weighted by Crippen LogP contribution is 2.39. The number of methoxy groups -OCH3 is 4. The minimum atomic E-state index is -3.97. The Hall–Kier alpha value is -3.72. The Bertz CT molecular complexity index is 1650. The number of carbonyl (C=O) groups is 2. The van der Waals surface area contributed by atoms with E-state index in [2.05, 4.69) is 26.0 Å². The third kappa shape index (κ3) is 7.44. The van der Waals surface area contributed by atoms with Crippen molar-refractivity contribution in [3.63, 3.8) is 0 Å². The molecule has 0 aromatic heterocycles. The van der Waals surface area contributed by atoms with Crippen molar-refractivity contribution in [3.8, 4) is 17.2 Å². The van der Waals surface area contributed by atoms with E-state index in [1.165, 1.54) is 32.3 Å². The van der Waals surface area contributed by atoms with Gasteiger partial charge in [0.15, 0.2) is 0 Å². The molecule has 0 bridgehead atoms. The molecule has 0 unspecified atom stereocenters. The molecule has 0 spiro atoms. The molecule has 0 radical (unpaired) electrons. The van der Waals surface area contributed by atoms with E-state index in [4.69, 9.17) is 18.9 Å². The number of sulfonamides is 1. The van der Waals surface area contributed by atoms with Crippen molar-refractivity contribution in [2.45, 2.75) is 16.2 Å². The van der Waals surface area contributed by atoms with Crippen LogP contribution in [-0.2, 0) is 24.3 Å². The number of anilines is 2. The van der Waals surface area contributed by atoms with Crippen molar-refractivity contribution in [3.05, 3.63) is 75.7 Å². The summed E-state index contributed by atoms with van der Waals surface area (Å²) in [4.78, 5) is 28.8. The first-order chi connectivity index (χ1) is 20.6. The molecule has 4 rings (SSSR count). The van der Waals surface area contributed by atoms with Crippen LogP contribution in [0.2, 0.25) is 0 Å². The van der Waals surface area contributed by atoms with Gasteiger partial charge >= 0.3 is 0 Å². The third-order valence-electron chi connectivity index (χ3n) is 6.27. The predicted octanol–water partition coefficient (Wildman–Crippen LogP) is 5.10. The second-order valence-electron chi connectivity index (χ2n) is 9.03. The molecule has 11 nitrogen and oxygen atoms in total. The van der Waals surface area contributed by atoms with Gasteiger partial charge in [-0.1, -0.05) is 27.7 Å². The van der Waals surface area contributed by atoms with Crippen LogP contribution >= 0.6 is 27.7 Å². The molecular weight excluding hydrogens is 662 g/mol. The van der Waals surface area contributed by atoms with Crippen LogP contribution in [0.1, 0.15) is 6.42 Å². The molecule has 1 aliphatic rings. The number of halogens is 1. The van der Waals surface area contributed by atoms with Crippen molar-refractivity contribution >= 4 is 60.9 Å². The number of benzene rings is 3. The first-order valence-corrected chi connectivity index (χ1v) is 15.9. The van der Waals surface area contributed by atoms with E-state index in [0.29, 0.717) is 45.3 Å². The smallest absolute Gasteiger partial charge is 0.278 e. The molecule has 0 aliphatic carbocycles. The fourth-order valence-corrected chi connectivity index (χ4v) is 6.86. The summed E-state index contributed by atoms with van der Waals surface area (Å²) in [6, 6.07) is 16.2. The van der Waals surface area contributed by atoms with Crippen molar-refractivity contribution in [1.82, 2.24) is 4.90 Å². The Morgan fingerprint density at radius 2 is 1.58 bits per heavy atom. The Balaban J connectivity index is 1.61. The summed E-state index contributed by atoms with van der Waals surface area (Å²) in [6.07, 6.45) is 0.475. The lowest BCUT2D eigenvalue weighted by molar-refractivity contribution is -0.137. The largest absolute Gasteiger partial charge is 0.497 e. The summed E-state index contributed by atoms with van der Waals surface area (Å²) in [5.41, 5.74) is 0.878. The van der Waals surface area contributed by atoms with E-state index in [1.807, 2.05) is 0 Å².